The van der Waals surface area contributed by atoms with E-state index in [-0.39, 0.29) is 23.1 Å². The molecule has 36 heavy (non-hydrogen) atoms. The summed E-state index contributed by atoms with van der Waals surface area (Å²) in [6, 6.07) is 5.04. The third-order valence-corrected chi connectivity index (χ3v) is 10.4. The van der Waals surface area contributed by atoms with Crippen molar-refractivity contribution in [2.75, 3.05) is 31.1 Å². The van der Waals surface area contributed by atoms with Crippen LogP contribution < -0.4 is 9.62 Å². The van der Waals surface area contributed by atoms with Crippen LogP contribution in [0.25, 0.3) is 0 Å². The summed E-state index contributed by atoms with van der Waals surface area (Å²) in [7, 11) is -3.70. The molecule has 1 spiro atoms. The number of anilines is 1. The second-order valence-corrected chi connectivity index (χ2v) is 13.7. The van der Waals surface area contributed by atoms with Crippen LogP contribution >= 0.6 is 22.9 Å². The molecule has 11 heteroatoms. The zero-order valence-electron chi connectivity index (χ0n) is 20.3. The van der Waals surface area contributed by atoms with Crippen LogP contribution in [-0.4, -0.2) is 56.3 Å². The van der Waals surface area contributed by atoms with Gasteiger partial charge in [0, 0.05) is 44.2 Å². The van der Waals surface area contributed by atoms with Crippen molar-refractivity contribution in [3.05, 3.63) is 39.3 Å². The van der Waals surface area contributed by atoms with Crippen molar-refractivity contribution in [2.24, 2.45) is 5.92 Å². The molecule has 2 fully saturated rings. The predicted molar refractivity (Wildman–Crippen MR) is 140 cm³/mol. The summed E-state index contributed by atoms with van der Waals surface area (Å²) < 4.78 is 29.8. The first kappa shape index (κ1) is 25.6. The molecule has 1 saturated carbocycles. The maximum Gasteiger partial charge on any atom is 0.240 e. The minimum Gasteiger partial charge on any atom is -0.342 e. The number of carbonyl (C=O) groups excluding carboxylic acids is 2. The number of amides is 2. The molecule has 2 aromatic rings. The van der Waals surface area contributed by atoms with E-state index in [2.05, 4.69) is 9.71 Å². The number of fused-ring (bicyclic) bond motifs is 2. The molecule has 1 aliphatic carbocycles. The van der Waals surface area contributed by atoms with Crippen LogP contribution in [0.5, 0.6) is 0 Å². The van der Waals surface area contributed by atoms with Crippen LogP contribution in [0.3, 0.4) is 0 Å². The Morgan fingerprint density at radius 1 is 1.22 bits per heavy atom. The van der Waals surface area contributed by atoms with E-state index in [4.69, 9.17) is 11.6 Å². The van der Waals surface area contributed by atoms with Crippen molar-refractivity contribution in [2.45, 2.75) is 62.2 Å². The Bertz CT molecular complexity index is 1270. The zero-order chi connectivity index (χ0) is 25.5. The lowest BCUT2D eigenvalue weighted by Gasteiger charge is -2.25. The molecule has 8 nitrogen and oxygen atoms in total. The third-order valence-electron chi connectivity index (χ3n) is 7.82. The lowest BCUT2D eigenvalue weighted by atomic mass is 9.81. The molecule has 1 saturated heterocycles. The number of aromatic nitrogens is 1. The third kappa shape index (κ3) is 5.05. The highest BCUT2D eigenvalue weighted by molar-refractivity contribution is 7.89. The zero-order valence-corrected chi connectivity index (χ0v) is 22.7. The minimum absolute atomic E-state index is 0.0199. The Kier molecular flexibility index (Phi) is 7.15. The summed E-state index contributed by atoms with van der Waals surface area (Å²) >= 11 is 7.27. The number of thiazole rings is 1. The van der Waals surface area contributed by atoms with Crippen molar-refractivity contribution >= 4 is 50.5 Å². The standard InChI is InChI=1S/C25H31ClN4O4S2/c1-17(31)29-10-9-25(15-29)16-30(24(32)12-23-27-14-22(26)35-23)21-8-7-19(11-20(21)25)36(33,34)28-13-18-5-3-2-4-6-18/h7-8,11,14,18,28H,2-6,9-10,12-13,15-16H2,1H3. The van der Waals surface area contributed by atoms with Gasteiger partial charge < -0.3 is 9.80 Å². The normalized spacial score (nSPS) is 22.4. The van der Waals surface area contributed by atoms with Crippen LogP contribution in [0, 0.1) is 5.92 Å². The maximum atomic E-state index is 13.3. The Morgan fingerprint density at radius 2 is 2.00 bits per heavy atom. The van der Waals surface area contributed by atoms with Crippen molar-refractivity contribution in [3.63, 3.8) is 0 Å². The monoisotopic (exact) mass is 550 g/mol. The summed E-state index contributed by atoms with van der Waals surface area (Å²) in [6.07, 6.45) is 7.95. The fraction of sp³-hybridized carbons (Fsp3) is 0.560. The number of nitrogens with zero attached hydrogens (tertiary/aromatic N) is 3. The number of halogens is 1. The summed E-state index contributed by atoms with van der Waals surface area (Å²) in [5.41, 5.74) is 1.03. The number of hydrogen-bond donors (Lipinski definition) is 1. The summed E-state index contributed by atoms with van der Waals surface area (Å²) in [4.78, 5) is 33.4. The van der Waals surface area contributed by atoms with Crippen LogP contribution in [0.1, 0.15) is 56.0 Å². The highest BCUT2D eigenvalue weighted by Crippen LogP contribution is 2.47. The van der Waals surface area contributed by atoms with Crippen LogP contribution in [0.15, 0.2) is 29.3 Å². The van der Waals surface area contributed by atoms with E-state index in [1.807, 2.05) is 0 Å². The Labute approximate surface area is 221 Å². The minimum atomic E-state index is -3.70. The molecular formula is C25H31ClN4O4S2. The van der Waals surface area contributed by atoms with Gasteiger partial charge in [-0.2, -0.15) is 0 Å². The highest BCUT2D eigenvalue weighted by Gasteiger charge is 2.49. The smallest absolute Gasteiger partial charge is 0.240 e. The SMILES string of the molecule is CC(=O)N1CCC2(C1)CN(C(=O)Cc1ncc(Cl)s1)c1ccc(S(=O)(=O)NCC3CCCCC3)cc12. The fourth-order valence-electron chi connectivity index (χ4n) is 5.82. The van der Waals surface area contributed by atoms with Crippen LogP contribution in [-0.2, 0) is 31.4 Å². The van der Waals surface area contributed by atoms with Gasteiger partial charge in [-0.3, -0.25) is 9.59 Å². The van der Waals surface area contributed by atoms with E-state index >= 15 is 0 Å². The van der Waals surface area contributed by atoms with Gasteiger partial charge in [-0.1, -0.05) is 30.9 Å². The second-order valence-electron chi connectivity index (χ2n) is 10.2. The number of likely N-dealkylation sites (tertiary alicyclic amines) is 1. The van der Waals surface area contributed by atoms with Gasteiger partial charge in [0.25, 0.3) is 0 Å². The van der Waals surface area contributed by atoms with Gasteiger partial charge in [-0.15, -0.1) is 11.3 Å². The number of benzene rings is 1. The maximum absolute atomic E-state index is 13.3. The number of carbonyl (C=O) groups is 2. The second kappa shape index (κ2) is 10.0. The number of sulfonamides is 1. The summed E-state index contributed by atoms with van der Waals surface area (Å²) in [5, 5.41) is 0.635. The molecule has 3 heterocycles. The van der Waals surface area contributed by atoms with E-state index in [0.717, 1.165) is 31.2 Å². The first-order valence-corrected chi connectivity index (χ1v) is 15.1. The molecule has 1 aromatic heterocycles. The van der Waals surface area contributed by atoms with Gasteiger partial charge in [0.2, 0.25) is 21.8 Å². The molecule has 2 aliphatic heterocycles. The Hall–Kier alpha value is -2.01. The first-order chi connectivity index (χ1) is 17.2. The number of rotatable bonds is 6. The largest absolute Gasteiger partial charge is 0.342 e. The van der Waals surface area contributed by atoms with E-state index in [1.54, 1.807) is 34.9 Å². The molecule has 1 aromatic carbocycles. The lowest BCUT2D eigenvalue weighted by molar-refractivity contribution is -0.127. The molecular weight excluding hydrogens is 520 g/mol. The molecule has 3 aliphatic rings. The molecule has 1 atom stereocenters. The molecule has 2 amide bonds. The number of hydrogen-bond acceptors (Lipinski definition) is 6. The summed E-state index contributed by atoms with van der Waals surface area (Å²) in [5.74, 6) is 0.237. The molecule has 194 valence electrons. The Morgan fingerprint density at radius 3 is 2.67 bits per heavy atom. The molecule has 5 rings (SSSR count). The lowest BCUT2D eigenvalue weighted by Crippen LogP contribution is -2.40. The molecule has 1 N–H and O–H groups in total. The first-order valence-electron chi connectivity index (χ1n) is 12.5. The van der Waals surface area contributed by atoms with E-state index in [9.17, 15) is 18.0 Å². The molecule has 0 bridgehead atoms. The van der Waals surface area contributed by atoms with Crippen molar-refractivity contribution in [1.29, 1.82) is 0 Å². The van der Waals surface area contributed by atoms with Crippen molar-refractivity contribution in [3.8, 4) is 0 Å². The van der Waals surface area contributed by atoms with E-state index in [1.165, 1.54) is 24.0 Å². The predicted octanol–water partition coefficient (Wildman–Crippen LogP) is 3.73. The van der Waals surface area contributed by atoms with Gasteiger partial charge in [-0.05, 0) is 48.9 Å². The Balaban J connectivity index is 1.43. The van der Waals surface area contributed by atoms with Gasteiger partial charge in [0.05, 0.1) is 17.5 Å². The quantitative estimate of drug-likeness (QED) is 0.590. The fourth-order valence-corrected chi connectivity index (χ4v) is 7.91. The van der Waals surface area contributed by atoms with E-state index < -0.39 is 15.4 Å². The van der Waals surface area contributed by atoms with Gasteiger partial charge in [-0.25, -0.2) is 18.1 Å². The average molecular weight is 551 g/mol. The van der Waals surface area contributed by atoms with Crippen LogP contribution in [0.4, 0.5) is 5.69 Å². The van der Waals surface area contributed by atoms with Crippen molar-refractivity contribution in [1.82, 2.24) is 14.6 Å². The van der Waals surface area contributed by atoms with Gasteiger partial charge in [0.15, 0.2) is 0 Å². The molecule has 1 unspecified atom stereocenters. The van der Waals surface area contributed by atoms with Gasteiger partial charge >= 0.3 is 0 Å². The number of nitrogens with one attached hydrogen (secondary N) is 1. The average Bonchev–Trinajstić information content (AvgIpc) is 3.56. The van der Waals surface area contributed by atoms with Gasteiger partial charge in [0.1, 0.15) is 9.34 Å². The van der Waals surface area contributed by atoms with E-state index in [0.29, 0.717) is 53.5 Å². The highest BCUT2D eigenvalue weighted by atomic mass is 35.5. The topological polar surface area (TPSA) is 99.7 Å². The van der Waals surface area contributed by atoms with Crippen LogP contribution in [0.2, 0.25) is 4.34 Å². The van der Waals surface area contributed by atoms with Crippen molar-refractivity contribution < 1.29 is 18.0 Å². The summed E-state index contributed by atoms with van der Waals surface area (Å²) in [6.45, 7) is 3.43. The molecule has 0 radical (unpaired) electrons.